The third-order valence-electron chi connectivity index (χ3n) is 5.76. The van der Waals surface area contributed by atoms with Gasteiger partial charge in [-0.2, -0.15) is 11.3 Å². The molecular weight excluding hydrogens is 442 g/mol. The van der Waals surface area contributed by atoms with Gasteiger partial charge in [0.1, 0.15) is 0 Å². The van der Waals surface area contributed by atoms with Gasteiger partial charge in [-0.05, 0) is 70.8 Å². The van der Waals surface area contributed by atoms with Crippen LogP contribution in [-0.4, -0.2) is 48.3 Å². The minimum Gasteiger partial charge on any atom is -0.366 e. The van der Waals surface area contributed by atoms with Gasteiger partial charge in [-0.1, -0.05) is 0 Å². The summed E-state index contributed by atoms with van der Waals surface area (Å²) < 4.78 is 26.5. The lowest BCUT2D eigenvalue weighted by Crippen LogP contribution is -2.39. The van der Waals surface area contributed by atoms with Crippen LogP contribution in [0.1, 0.15) is 41.1 Å². The number of nitrogens with one attached hydrogen (secondary N) is 1. The van der Waals surface area contributed by atoms with E-state index in [0.29, 0.717) is 31.0 Å². The maximum atomic E-state index is 12.5. The molecule has 6 nitrogen and oxygen atoms in total. The van der Waals surface area contributed by atoms with Gasteiger partial charge >= 0.3 is 0 Å². The number of carbonyl (C=O) groups is 1. The van der Waals surface area contributed by atoms with Crippen LogP contribution in [0.3, 0.4) is 0 Å². The number of rotatable bonds is 7. The third-order valence-corrected chi connectivity index (χ3v) is 8.67. The molecule has 0 radical (unpaired) electrons. The first kappa shape index (κ1) is 21.4. The summed E-state index contributed by atoms with van der Waals surface area (Å²) in [6.45, 7) is 0.990. The molecule has 3 aromatic rings. The van der Waals surface area contributed by atoms with Gasteiger partial charge in [0, 0.05) is 30.6 Å². The number of nitrogens with two attached hydrogens (primary N) is 1. The summed E-state index contributed by atoms with van der Waals surface area (Å²) in [5.74, 6) is 0.197. The Bertz CT molecular complexity index is 1150. The number of hydrogen-bond acceptors (Lipinski definition) is 4. The highest BCUT2D eigenvalue weighted by Gasteiger charge is 2.29. The van der Waals surface area contributed by atoms with Gasteiger partial charge in [-0.3, -0.25) is 4.79 Å². The van der Waals surface area contributed by atoms with Gasteiger partial charge in [0.15, 0.2) is 0 Å². The number of piperidine rings is 1. The summed E-state index contributed by atoms with van der Waals surface area (Å²) in [7, 11) is -3.25. The molecule has 0 aliphatic carbocycles. The SMILES string of the molecule is NC(=O)c1cc(-c2ccsc2)cc2c(C3CCN(S(=O)(=O)CCCCl)CC3)c[nH]c12. The summed E-state index contributed by atoms with van der Waals surface area (Å²) in [5, 5.41) is 5.03. The van der Waals surface area contributed by atoms with E-state index in [9.17, 15) is 13.2 Å². The van der Waals surface area contributed by atoms with E-state index in [1.54, 1.807) is 15.6 Å². The predicted octanol–water partition coefficient (Wildman–Crippen LogP) is 4.13. The first-order valence-corrected chi connectivity index (χ1v) is 13.0. The smallest absolute Gasteiger partial charge is 0.250 e. The van der Waals surface area contributed by atoms with E-state index in [0.717, 1.165) is 40.4 Å². The number of thiophene rings is 1. The Kier molecular flexibility index (Phi) is 6.20. The van der Waals surface area contributed by atoms with Crippen LogP contribution >= 0.6 is 22.9 Å². The fraction of sp³-hybridized carbons (Fsp3) is 0.381. The second-order valence-corrected chi connectivity index (χ2v) is 10.8. The number of aromatic nitrogens is 1. The van der Waals surface area contributed by atoms with Crippen molar-refractivity contribution in [3.8, 4) is 11.1 Å². The molecule has 1 aromatic carbocycles. The number of fused-ring (bicyclic) bond motifs is 1. The molecule has 3 N–H and O–H groups in total. The van der Waals surface area contributed by atoms with Crippen molar-refractivity contribution in [3.05, 3.63) is 46.3 Å². The van der Waals surface area contributed by atoms with Crippen molar-refractivity contribution in [3.63, 3.8) is 0 Å². The van der Waals surface area contributed by atoms with Gasteiger partial charge < -0.3 is 10.7 Å². The summed E-state index contributed by atoms with van der Waals surface area (Å²) in [4.78, 5) is 15.3. The standard InChI is InChI=1S/C21H24ClN3O3S2/c22-5-1-9-30(27,28)25-6-2-14(3-7-25)19-12-24-20-17(19)10-16(11-18(20)21(23)26)15-4-8-29-13-15/h4,8,10-14,24H,1-3,5-7,9H2,(H2,23,26). The number of amides is 1. The lowest BCUT2D eigenvalue weighted by Gasteiger charge is -2.31. The molecule has 0 spiro atoms. The molecule has 0 bridgehead atoms. The molecule has 0 atom stereocenters. The van der Waals surface area contributed by atoms with Crippen LogP contribution in [0.5, 0.6) is 0 Å². The molecule has 1 aliphatic heterocycles. The van der Waals surface area contributed by atoms with E-state index in [2.05, 4.69) is 11.1 Å². The molecule has 0 saturated carbocycles. The normalized spacial score (nSPS) is 16.3. The van der Waals surface area contributed by atoms with Crippen LogP contribution in [-0.2, 0) is 10.0 Å². The van der Waals surface area contributed by atoms with Gasteiger partial charge in [0.2, 0.25) is 10.0 Å². The van der Waals surface area contributed by atoms with E-state index in [-0.39, 0.29) is 11.7 Å². The molecule has 0 unspecified atom stereocenters. The zero-order chi connectivity index (χ0) is 21.3. The monoisotopic (exact) mass is 465 g/mol. The molecule has 1 amide bonds. The molecule has 4 rings (SSSR count). The average Bonchev–Trinajstić information content (AvgIpc) is 3.41. The highest BCUT2D eigenvalue weighted by molar-refractivity contribution is 7.89. The minimum absolute atomic E-state index is 0.0974. The predicted molar refractivity (Wildman–Crippen MR) is 123 cm³/mol. The van der Waals surface area contributed by atoms with Gasteiger partial charge in [-0.15, -0.1) is 11.6 Å². The number of H-pyrrole nitrogens is 1. The fourth-order valence-corrected chi connectivity index (χ4v) is 6.68. The van der Waals surface area contributed by atoms with Crippen molar-refractivity contribution >= 4 is 49.8 Å². The second kappa shape index (κ2) is 8.70. The summed E-state index contributed by atoms with van der Waals surface area (Å²) in [5.41, 5.74) is 10.00. The molecule has 9 heteroatoms. The second-order valence-electron chi connectivity index (χ2n) is 7.60. The Labute approximate surface area is 185 Å². The highest BCUT2D eigenvalue weighted by atomic mass is 35.5. The van der Waals surface area contributed by atoms with Crippen LogP contribution < -0.4 is 5.73 Å². The van der Waals surface area contributed by atoms with E-state index in [1.165, 1.54) is 0 Å². The Hall–Kier alpha value is -1.87. The summed E-state index contributed by atoms with van der Waals surface area (Å²) >= 11 is 7.26. The van der Waals surface area contributed by atoms with Gasteiger partial charge in [0.05, 0.1) is 16.8 Å². The molecule has 3 heterocycles. The van der Waals surface area contributed by atoms with Crippen LogP contribution in [0.25, 0.3) is 22.0 Å². The highest BCUT2D eigenvalue weighted by Crippen LogP contribution is 2.37. The molecular formula is C21H24ClN3O3S2. The summed E-state index contributed by atoms with van der Waals surface area (Å²) in [6.07, 6.45) is 3.88. The Morgan fingerprint density at radius 1 is 1.27 bits per heavy atom. The lowest BCUT2D eigenvalue weighted by molar-refractivity contribution is 0.100. The third kappa shape index (κ3) is 4.14. The first-order valence-electron chi connectivity index (χ1n) is 9.92. The molecule has 30 heavy (non-hydrogen) atoms. The average molecular weight is 466 g/mol. The van der Waals surface area contributed by atoms with Gasteiger partial charge in [-0.25, -0.2) is 12.7 Å². The molecule has 1 saturated heterocycles. The minimum atomic E-state index is -3.25. The van der Waals surface area contributed by atoms with Crippen molar-refractivity contribution in [2.75, 3.05) is 24.7 Å². The van der Waals surface area contributed by atoms with Gasteiger partial charge in [0.25, 0.3) is 5.91 Å². The lowest BCUT2D eigenvalue weighted by atomic mass is 9.88. The first-order chi connectivity index (χ1) is 14.4. The van der Waals surface area contributed by atoms with Crippen molar-refractivity contribution in [1.29, 1.82) is 0 Å². The van der Waals surface area contributed by atoms with Crippen molar-refractivity contribution in [2.45, 2.75) is 25.2 Å². The largest absolute Gasteiger partial charge is 0.366 e. The Morgan fingerprint density at radius 2 is 2.03 bits per heavy atom. The number of alkyl halides is 1. The maximum Gasteiger partial charge on any atom is 0.250 e. The topological polar surface area (TPSA) is 96.3 Å². The van der Waals surface area contributed by atoms with Crippen LogP contribution in [0, 0.1) is 0 Å². The Balaban J connectivity index is 1.63. The summed E-state index contributed by atoms with van der Waals surface area (Å²) in [6, 6.07) is 5.95. The molecule has 2 aromatic heterocycles. The van der Waals surface area contributed by atoms with Crippen LogP contribution in [0.2, 0.25) is 0 Å². The van der Waals surface area contributed by atoms with Crippen molar-refractivity contribution in [2.24, 2.45) is 5.73 Å². The fourth-order valence-electron chi connectivity index (χ4n) is 4.19. The quantitative estimate of drug-likeness (QED) is 0.513. The number of aromatic amines is 1. The number of halogens is 1. The molecule has 1 fully saturated rings. The van der Waals surface area contributed by atoms with E-state index in [4.69, 9.17) is 17.3 Å². The van der Waals surface area contributed by atoms with E-state index in [1.807, 2.05) is 29.1 Å². The van der Waals surface area contributed by atoms with Crippen molar-refractivity contribution < 1.29 is 13.2 Å². The zero-order valence-electron chi connectivity index (χ0n) is 16.4. The number of nitrogens with zero attached hydrogens (tertiary/aromatic N) is 1. The number of primary amides is 1. The number of sulfonamides is 1. The number of carbonyl (C=O) groups excluding carboxylic acids is 1. The van der Waals surface area contributed by atoms with Crippen molar-refractivity contribution in [1.82, 2.24) is 9.29 Å². The molecule has 1 aliphatic rings. The number of hydrogen-bond donors (Lipinski definition) is 2. The Morgan fingerprint density at radius 3 is 2.67 bits per heavy atom. The van der Waals surface area contributed by atoms with E-state index < -0.39 is 15.9 Å². The van der Waals surface area contributed by atoms with E-state index >= 15 is 0 Å². The maximum absolute atomic E-state index is 12.5. The zero-order valence-corrected chi connectivity index (χ0v) is 18.8. The molecule has 160 valence electrons. The number of benzene rings is 1. The van der Waals surface area contributed by atoms with Crippen LogP contribution in [0.15, 0.2) is 35.2 Å². The van der Waals surface area contributed by atoms with Crippen LogP contribution in [0.4, 0.5) is 0 Å².